The third-order valence-corrected chi connectivity index (χ3v) is 5.87. The summed E-state index contributed by atoms with van der Waals surface area (Å²) in [5, 5.41) is 3.98. The maximum absolute atomic E-state index is 13.1. The number of nitrogens with zero attached hydrogens (tertiary/aromatic N) is 1. The molecule has 2 aromatic carbocycles. The SMILES string of the molecule is CCNC(=O)C(CC)N(Cc1c(Cl)cccc1Cl)C(=O)COc1ccc(Br)cc1Cl. The third-order valence-electron chi connectivity index (χ3n) is 4.37. The van der Waals surface area contributed by atoms with Gasteiger partial charge in [-0.1, -0.05) is 63.7 Å². The highest BCUT2D eigenvalue weighted by molar-refractivity contribution is 9.10. The van der Waals surface area contributed by atoms with E-state index < -0.39 is 6.04 Å². The Morgan fingerprint density at radius 2 is 1.77 bits per heavy atom. The molecule has 0 aliphatic carbocycles. The first-order valence-electron chi connectivity index (χ1n) is 9.36. The lowest BCUT2D eigenvalue weighted by atomic mass is 10.1. The average molecular weight is 537 g/mol. The highest BCUT2D eigenvalue weighted by Gasteiger charge is 2.29. The number of halogens is 4. The molecule has 0 saturated heterocycles. The Balaban J connectivity index is 2.28. The van der Waals surface area contributed by atoms with Crippen molar-refractivity contribution in [3.63, 3.8) is 0 Å². The molecule has 0 spiro atoms. The lowest BCUT2D eigenvalue weighted by Gasteiger charge is -2.31. The molecular formula is C21H22BrCl3N2O3. The van der Waals surface area contributed by atoms with Gasteiger partial charge in [-0.3, -0.25) is 9.59 Å². The summed E-state index contributed by atoms with van der Waals surface area (Å²) in [6.07, 6.45) is 0.415. The van der Waals surface area contributed by atoms with E-state index in [1.165, 1.54) is 4.90 Å². The molecule has 0 saturated carbocycles. The van der Waals surface area contributed by atoms with Gasteiger partial charge >= 0.3 is 0 Å². The second kappa shape index (κ2) is 11.8. The van der Waals surface area contributed by atoms with Crippen molar-refractivity contribution in [1.29, 1.82) is 0 Å². The lowest BCUT2D eigenvalue weighted by Crippen LogP contribution is -2.50. The summed E-state index contributed by atoms with van der Waals surface area (Å²) in [4.78, 5) is 27.2. The van der Waals surface area contributed by atoms with Crippen LogP contribution in [0.25, 0.3) is 0 Å². The number of hydrogen-bond donors (Lipinski definition) is 1. The van der Waals surface area contributed by atoms with Gasteiger partial charge in [0.2, 0.25) is 5.91 Å². The molecule has 0 bridgehead atoms. The molecule has 162 valence electrons. The topological polar surface area (TPSA) is 58.6 Å². The number of benzene rings is 2. The predicted octanol–water partition coefficient (Wildman–Crippen LogP) is 5.73. The van der Waals surface area contributed by atoms with E-state index in [4.69, 9.17) is 39.5 Å². The third kappa shape index (κ3) is 6.51. The maximum Gasteiger partial charge on any atom is 0.261 e. The minimum Gasteiger partial charge on any atom is -0.482 e. The predicted molar refractivity (Wildman–Crippen MR) is 124 cm³/mol. The van der Waals surface area contributed by atoms with Crippen molar-refractivity contribution in [2.75, 3.05) is 13.2 Å². The number of rotatable bonds is 9. The molecule has 0 aliphatic heterocycles. The van der Waals surface area contributed by atoms with Crippen LogP contribution in [-0.2, 0) is 16.1 Å². The molecule has 1 N–H and O–H groups in total. The fourth-order valence-corrected chi connectivity index (χ4v) is 4.12. The summed E-state index contributed by atoms with van der Waals surface area (Å²) < 4.78 is 6.42. The smallest absolute Gasteiger partial charge is 0.261 e. The van der Waals surface area contributed by atoms with Crippen LogP contribution in [0, 0.1) is 0 Å². The molecule has 30 heavy (non-hydrogen) atoms. The number of nitrogens with one attached hydrogen (secondary N) is 1. The van der Waals surface area contributed by atoms with E-state index in [-0.39, 0.29) is 25.0 Å². The number of carbonyl (C=O) groups is 2. The molecule has 0 fully saturated rings. The van der Waals surface area contributed by atoms with E-state index in [0.717, 1.165) is 4.47 Å². The van der Waals surface area contributed by atoms with Gasteiger partial charge in [0.15, 0.2) is 6.61 Å². The van der Waals surface area contributed by atoms with E-state index in [9.17, 15) is 9.59 Å². The van der Waals surface area contributed by atoms with Crippen LogP contribution in [0.2, 0.25) is 15.1 Å². The molecule has 0 aromatic heterocycles. The monoisotopic (exact) mass is 534 g/mol. The van der Waals surface area contributed by atoms with Crippen LogP contribution < -0.4 is 10.1 Å². The molecule has 0 aliphatic rings. The van der Waals surface area contributed by atoms with Gasteiger partial charge in [-0.25, -0.2) is 0 Å². The van der Waals surface area contributed by atoms with Crippen molar-refractivity contribution in [3.8, 4) is 5.75 Å². The van der Waals surface area contributed by atoms with E-state index in [0.29, 0.717) is 39.3 Å². The van der Waals surface area contributed by atoms with E-state index in [1.807, 2.05) is 13.8 Å². The first kappa shape index (κ1) is 24.8. The fourth-order valence-electron chi connectivity index (χ4n) is 2.88. The molecule has 0 heterocycles. The second-order valence-corrected chi connectivity index (χ2v) is 8.54. The van der Waals surface area contributed by atoms with Gasteiger partial charge in [-0.2, -0.15) is 0 Å². The Morgan fingerprint density at radius 3 is 2.33 bits per heavy atom. The molecule has 2 rings (SSSR count). The number of amides is 2. The average Bonchev–Trinajstić information content (AvgIpc) is 2.69. The fraction of sp³-hybridized carbons (Fsp3) is 0.333. The summed E-state index contributed by atoms with van der Waals surface area (Å²) in [5.41, 5.74) is 0.568. The van der Waals surface area contributed by atoms with Crippen LogP contribution in [0.15, 0.2) is 40.9 Å². The molecule has 9 heteroatoms. The highest BCUT2D eigenvalue weighted by atomic mass is 79.9. The zero-order chi connectivity index (χ0) is 22.3. The minimum absolute atomic E-state index is 0.0738. The van der Waals surface area contributed by atoms with Crippen LogP contribution in [0.5, 0.6) is 5.75 Å². The van der Waals surface area contributed by atoms with Crippen LogP contribution in [0.4, 0.5) is 0 Å². The van der Waals surface area contributed by atoms with Crippen LogP contribution >= 0.6 is 50.7 Å². The molecule has 5 nitrogen and oxygen atoms in total. The van der Waals surface area contributed by atoms with Crippen molar-refractivity contribution in [2.24, 2.45) is 0 Å². The van der Waals surface area contributed by atoms with Crippen molar-refractivity contribution >= 4 is 62.5 Å². The summed E-state index contributed by atoms with van der Waals surface area (Å²) in [6, 6.07) is 9.50. The van der Waals surface area contributed by atoms with Crippen LogP contribution in [0.3, 0.4) is 0 Å². The summed E-state index contributed by atoms with van der Waals surface area (Å²) in [5.74, 6) is -0.267. The zero-order valence-corrected chi connectivity index (χ0v) is 20.4. The molecule has 1 atom stereocenters. The Morgan fingerprint density at radius 1 is 1.10 bits per heavy atom. The second-order valence-electron chi connectivity index (χ2n) is 6.40. The van der Waals surface area contributed by atoms with Crippen molar-refractivity contribution in [2.45, 2.75) is 32.9 Å². The van der Waals surface area contributed by atoms with Gasteiger partial charge < -0.3 is 15.0 Å². The molecular weight excluding hydrogens is 515 g/mol. The Labute approximate surface area is 199 Å². The van der Waals surface area contributed by atoms with E-state index >= 15 is 0 Å². The molecule has 2 aromatic rings. The standard InChI is InChI=1S/C21H22BrCl3N2O3/c1-3-18(21(29)26-4-2)27(11-14-15(23)6-5-7-16(14)24)20(28)12-30-19-9-8-13(22)10-17(19)25/h5-10,18H,3-4,11-12H2,1-2H3,(H,26,29). The number of ether oxygens (including phenoxy) is 1. The van der Waals surface area contributed by atoms with E-state index in [2.05, 4.69) is 21.2 Å². The molecule has 1 unspecified atom stereocenters. The quantitative estimate of drug-likeness (QED) is 0.445. The van der Waals surface area contributed by atoms with Crippen molar-refractivity contribution < 1.29 is 14.3 Å². The normalized spacial score (nSPS) is 11.7. The first-order chi connectivity index (χ1) is 14.3. The van der Waals surface area contributed by atoms with Gasteiger partial charge in [-0.15, -0.1) is 0 Å². The Bertz CT molecular complexity index is 891. The summed E-state index contributed by atoms with van der Waals surface area (Å²) >= 11 is 22.1. The van der Waals surface area contributed by atoms with Gasteiger partial charge in [0.05, 0.1) is 5.02 Å². The summed E-state index contributed by atoms with van der Waals surface area (Å²) in [6.45, 7) is 3.89. The summed E-state index contributed by atoms with van der Waals surface area (Å²) in [7, 11) is 0. The number of carbonyl (C=O) groups excluding carboxylic acids is 2. The highest BCUT2D eigenvalue weighted by Crippen LogP contribution is 2.29. The lowest BCUT2D eigenvalue weighted by molar-refractivity contribution is -0.142. The molecule has 2 amide bonds. The van der Waals surface area contributed by atoms with Gasteiger partial charge in [0.25, 0.3) is 5.91 Å². The van der Waals surface area contributed by atoms with Crippen LogP contribution in [-0.4, -0.2) is 35.9 Å². The Kier molecular flexibility index (Phi) is 9.75. The van der Waals surface area contributed by atoms with E-state index in [1.54, 1.807) is 36.4 Å². The maximum atomic E-state index is 13.1. The number of likely N-dealkylation sites (N-methyl/N-ethyl adjacent to an activating group) is 1. The minimum atomic E-state index is -0.700. The van der Waals surface area contributed by atoms with Gasteiger partial charge in [0, 0.05) is 33.2 Å². The van der Waals surface area contributed by atoms with Crippen LogP contribution in [0.1, 0.15) is 25.8 Å². The Hall–Kier alpha value is -1.47. The van der Waals surface area contributed by atoms with Gasteiger partial charge in [0.1, 0.15) is 11.8 Å². The molecule has 0 radical (unpaired) electrons. The largest absolute Gasteiger partial charge is 0.482 e. The van der Waals surface area contributed by atoms with Gasteiger partial charge in [-0.05, 0) is 43.7 Å². The zero-order valence-electron chi connectivity index (χ0n) is 16.6. The van der Waals surface area contributed by atoms with Crippen molar-refractivity contribution in [3.05, 3.63) is 61.5 Å². The first-order valence-corrected chi connectivity index (χ1v) is 11.3. The van der Waals surface area contributed by atoms with Crippen molar-refractivity contribution in [1.82, 2.24) is 10.2 Å². The number of hydrogen-bond acceptors (Lipinski definition) is 3.